The van der Waals surface area contributed by atoms with Crippen LogP contribution in [0.25, 0.3) is 10.7 Å². The fourth-order valence-corrected chi connectivity index (χ4v) is 2.00. The van der Waals surface area contributed by atoms with E-state index in [0.29, 0.717) is 6.04 Å². The predicted octanol–water partition coefficient (Wildman–Crippen LogP) is 0.575. The van der Waals surface area contributed by atoms with Gasteiger partial charge < -0.3 is 5.32 Å². The normalized spacial score (nSPS) is 15.7. The van der Waals surface area contributed by atoms with E-state index < -0.39 is 0 Å². The van der Waals surface area contributed by atoms with Crippen LogP contribution >= 0.6 is 11.3 Å². The molecule has 0 amide bonds. The Morgan fingerprint density at radius 1 is 1.47 bits per heavy atom. The van der Waals surface area contributed by atoms with Gasteiger partial charge in [0, 0.05) is 12.6 Å². The van der Waals surface area contributed by atoms with E-state index in [4.69, 9.17) is 0 Å². The van der Waals surface area contributed by atoms with Crippen LogP contribution < -0.4 is 5.32 Å². The molecule has 7 heteroatoms. The SMILES string of the molecule is c1n[nH]nc1-c1nnc(CNC2CC2)s1. The first-order valence-electron chi connectivity index (χ1n) is 4.84. The van der Waals surface area contributed by atoms with Gasteiger partial charge in [-0.1, -0.05) is 11.3 Å². The summed E-state index contributed by atoms with van der Waals surface area (Å²) in [4.78, 5) is 0. The fourth-order valence-electron chi connectivity index (χ4n) is 1.25. The van der Waals surface area contributed by atoms with E-state index in [-0.39, 0.29) is 0 Å². The van der Waals surface area contributed by atoms with Crippen LogP contribution in [0.15, 0.2) is 6.20 Å². The summed E-state index contributed by atoms with van der Waals surface area (Å²) in [5.41, 5.74) is 0.755. The third kappa shape index (κ3) is 2.02. The van der Waals surface area contributed by atoms with E-state index in [1.54, 1.807) is 17.5 Å². The molecule has 2 N–H and O–H groups in total. The van der Waals surface area contributed by atoms with Crippen LogP contribution in [0.4, 0.5) is 0 Å². The van der Waals surface area contributed by atoms with Crippen LogP contribution in [0.3, 0.4) is 0 Å². The maximum Gasteiger partial charge on any atom is 0.169 e. The summed E-state index contributed by atoms with van der Waals surface area (Å²) < 4.78 is 0. The number of hydrogen-bond donors (Lipinski definition) is 2. The number of nitrogens with zero attached hydrogens (tertiary/aromatic N) is 4. The molecule has 0 saturated heterocycles. The quantitative estimate of drug-likeness (QED) is 0.790. The first kappa shape index (κ1) is 8.93. The smallest absolute Gasteiger partial charge is 0.169 e. The number of nitrogens with one attached hydrogen (secondary N) is 2. The monoisotopic (exact) mass is 222 g/mol. The molecule has 1 fully saturated rings. The number of aromatic nitrogens is 5. The molecule has 6 nitrogen and oxygen atoms in total. The summed E-state index contributed by atoms with van der Waals surface area (Å²) in [5.74, 6) is 0. The fraction of sp³-hybridized carbons (Fsp3) is 0.500. The summed E-state index contributed by atoms with van der Waals surface area (Å²) in [5, 5.41) is 23.6. The van der Waals surface area contributed by atoms with Gasteiger partial charge in [0.2, 0.25) is 0 Å². The van der Waals surface area contributed by atoms with E-state index in [9.17, 15) is 0 Å². The predicted molar refractivity (Wildman–Crippen MR) is 55.1 cm³/mol. The Morgan fingerprint density at radius 3 is 3.13 bits per heavy atom. The third-order valence-corrected chi connectivity index (χ3v) is 3.17. The minimum absolute atomic E-state index is 0.699. The first-order valence-corrected chi connectivity index (χ1v) is 5.65. The van der Waals surface area contributed by atoms with Crippen LogP contribution in [-0.4, -0.2) is 31.6 Å². The highest BCUT2D eigenvalue weighted by molar-refractivity contribution is 7.14. The Kier molecular flexibility index (Phi) is 2.18. The van der Waals surface area contributed by atoms with E-state index in [1.165, 1.54) is 12.8 Å². The lowest BCUT2D eigenvalue weighted by atomic mass is 10.5. The molecule has 15 heavy (non-hydrogen) atoms. The summed E-state index contributed by atoms with van der Waals surface area (Å²) in [6.07, 6.45) is 4.22. The van der Waals surface area contributed by atoms with Gasteiger partial charge in [-0.15, -0.1) is 10.2 Å². The van der Waals surface area contributed by atoms with Crippen molar-refractivity contribution in [2.75, 3.05) is 0 Å². The molecule has 1 saturated carbocycles. The average Bonchev–Trinajstić information content (AvgIpc) is 2.78. The van der Waals surface area contributed by atoms with Gasteiger partial charge in [-0.2, -0.15) is 15.4 Å². The lowest BCUT2D eigenvalue weighted by molar-refractivity contribution is 0.679. The van der Waals surface area contributed by atoms with Gasteiger partial charge in [0.25, 0.3) is 0 Å². The molecular weight excluding hydrogens is 212 g/mol. The molecule has 1 aliphatic carbocycles. The van der Waals surface area contributed by atoms with Gasteiger partial charge in [0.1, 0.15) is 10.7 Å². The molecule has 0 spiro atoms. The van der Waals surface area contributed by atoms with Crippen molar-refractivity contribution in [3.05, 3.63) is 11.2 Å². The maximum atomic E-state index is 4.10. The summed E-state index contributed by atoms with van der Waals surface area (Å²) in [6, 6.07) is 0.699. The third-order valence-electron chi connectivity index (χ3n) is 2.22. The topological polar surface area (TPSA) is 79.4 Å². The molecule has 0 unspecified atom stereocenters. The Bertz CT molecular complexity index is 432. The largest absolute Gasteiger partial charge is 0.308 e. The second-order valence-corrected chi connectivity index (χ2v) is 4.57. The second-order valence-electron chi connectivity index (χ2n) is 3.51. The van der Waals surface area contributed by atoms with Crippen molar-refractivity contribution in [1.82, 2.24) is 30.9 Å². The number of hydrogen-bond acceptors (Lipinski definition) is 6. The van der Waals surface area contributed by atoms with Crippen LogP contribution in [-0.2, 0) is 6.54 Å². The minimum Gasteiger partial charge on any atom is -0.308 e. The average molecular weight is 222 g/mol. The molecule has 3 rings (SSSR count). The molecular formula is C8H10N6S. The van der Waals surface area contributed by atoms with Gasteiger partial charge in [-0.05, 0) is 12.8 Å². The molecule has 2 aromatic heterocycles. The lowest BCUT2D eigenvalue weighted by Crippen LogP contribution is -2.14. The zero-order valence-corrected chi connectivity index (χ0v) is 8.79. The number of aromatic amines is 1. The molecule has 0 aromatic carbocycles. The molecule has 0 aliphatic heterocycles. The zero-order valence-electron chi connectivity index (χ0n) is 7.97. The van der Waals surface area contributed by atoms with Gasteiger partial charge in [-0.3, -0.25) is 0 Å². The Morgan fingerprint density at radius 2 is 2.40 bits per heavy atom. The van der Waals surface area contributed by atoms with E-state index in [0.717, 1.165) is 22.3 Å². The number of H-pyrrole nitrogens is 1. The molecule has 2 aromatic rings. The standard InChI is InChI=1S/C8H10N6S/c1-2-5(1)9-4-7-12-13-8(15-7)6-3-10-14-11-6/h3,5,9H,1-2,4H2,(H,10,11,14). The van der Waals surface area contributed by atoms with Crippen molar-refractivity contribution >= 4 is 11.3 Å². The van der Waals surface area contributed by atoms with Crippen molar-refractivity contribution in [2.45, 2.75) is 25.4 Å². The van der Waals surface area contributed by atoms with Gasteiger partial charge in [0.15, 0.2) is 5.01 Å². The Labute approximate surface area is 90.1 Å². The van der Waals surface area contributed by atoms with Crippen molar-refractivity contribution < 1.29 is 0 Å². The van der Waals surface area contributed by atoms with Gasteiger partial charge in [-0.25, -0.2) is 0 Å². The summed E-state index contributed by atoms with van der Waals surface area (Å²) in [7, 11) is 0. The maximum absolute atomic E-state index is 4.10. The molecule has 0 bridgehead atoms. The van der Waals surface area contributed by atoms with Crippen LogP contribution in [0.2, 0.25) is 0 Å². The molecule has 0 atom stereocenters. The number of rotatable bonds is 4. The Hall–Kier alpha value is -1.34. The van der Waals surface area contributed by atoms with Crippen molar-refractivity contribution in [3.63, 3.8) is 0 Å². The van der Waals surface area contributed by atoms with Crippen LogP contribution in [0.5, 0.6) is 0 Å². The van der Waals surface area contributed by atoms with Crippen molar-refractivity contribution in [3.8, 4) is 10.7 Å². The zero-order chi connectivity index (χ0) is 10.1. The summed E-state index contributed by atoms with van der Waals surface area (Å²) >= 11 is 1.55. The van der Waals surface area contributed by atoms with Crippen LogP contribution in [0.1, 0.15) is 17.8 Å². The highest BCUT2D eigenvalue weighted by Crippen LogP contribution is 2.22. The van der Waals surface area contributed by atoms with Gasteiger partial charge in [0.05, 0.1) is 6.20 Å². The van der Waals surface area contributed by atoms with E-state index >= 15 is 0 Å². The lowest BCUT2D eigenvalue weighted by Gasteiger charge is -1.95. The van der Waals surface area contributed by atoms with Crippen molar-refractivity contribution in [2.24, 2.45) is 0 Å². The van der Waals surface area contributed by atoms with E-state index in [2.05, 4.69) is 30.9 Å². The highest BCUT2D eigenvalue weighted by Gasteiger charge is 2.20. The molecule has 2 heterocycles. The van der Waals surface area contributed by atoms with E-state index in [1.807, 2.05) is 0 Å². The van der Waals surface area contributed by atoms with Gasteiger partial charge >= 0.3 is 0 Å². The highest BCUT2D eigenvalue weighted by atomic mass is 32.1. The second kappa shape index (κ2) is 3.67. The summed E-state index contributed by atoms with van der Waals surface area (Å²) in [6.45, 7) is 0.806. The Balaban J connectivity index is 1.69. The molecule has 78 valence electrons. The van der Waals surface area contributed by atoms with Crippen molar-refractivity contribution in [1.29, 1.82) is 0 Å². The first-order chi connectivity index (χ1) is 7.42. The van der Waals surface area contributed by atoms with Crippen LogP contribution in [0, 0.1) is 0 Å². The molecule has 1 aliphatic rings. The molecule has 0 radical (unpaired) electrons. The minimum atomic E-state index is 0.699.